The summed E-state index contributed by atoms with van der Waals surface area (Å²) in [6.45, 7) is 2.68. The van der Waals surface area contributed by atoms with E-state index in [-0.39, 0.29) is 11.9 Å². The van der Waals surface area contributed by atoms with Gasteiger partial charge in [-0.1, -0.05) is 72.3 Å². The van der Waals surface area contributed by atoms with Crippen LogP contribution in [0.1, 0.15) is 38.7 Å². The minimum absolute atomic E-state index is 0.105. The topological polar surface area (TPSA) is 59.8 Å². The lowest BCUT2D eigenvalue weighted by Gasteiger charge is -2.20. The molecular weight excluding hydrogens is 360 g/mol. The van der Waals surface area contributed by atoms with Crippen molar-refractivity contribution in [2.24, 2.45) is 0 Å². The Morgan fingerprint density at radius 3 is 2.28 bits per heavy atom. The number of aryl methyl sites for hydroxylation is 1. The van der Waals surface area contributed by atoms with Gasteiger partial charge in [-0.3, -0.25) is 4.79 Å². The van der Waals surface area contributed by atoms with E-state index in [1.54, 1.807) is 11.0 Å². The van der Waals surface area contributed by atoms with Gasteiger partial charge in [-0.15, -0.1) is 0 Å². The molecule has 4 rings (SSSR count). The van der Waals surface area contributed by atoms with Crippen LogP contribution in [-0.4, -0.2) is 20.7 Å². The predicted molar refractivity (Wildman–Crippen MR) is 112 cm³/mol. The molecule has 1 N–H and O–H groups in total. The number of amides is 1. The molecule has 1 amide bonds. The van der Waals surface area contributed by atoms with E-state index in [1.807, 2.05) is 54.6 Å². The molecule has 0 aliphatic heterocycles. The summed E-state index contributed by atoms with van der Waals surface area (Å²) >= 11 is 0. The van der Waals surface area contributed by atoms with Gasteiger partial charge in [0.15, 0.2) is 0 Å². The van der Waals surface area contributed by atoms with E-state index < -0.39 is 0 Å². The fraction of sp³-hybridized carbons (Fsp3) is 0.125. The van der Waals surface area contributed by atoms with Crippen LogP contribution >= 0.6 is 0 Å². The molecule has 0 aliphatic carbocycles. The lowest BCUT2D eigenvalue weighted by atomic mass is 9.97. The Morgan fingerprint density at radius 2 is 1.62 bits per heavy atom. The van der Waals surface area contributed by atoms with E-state index in [9.17, 15) is 4.79 Å². The van der Waals surface area contributed by atoms with Gasteiger partial charge in [0.25, 0.3) is 5.91 Å². The van der Waals surface area contributed by atoms with Crippen molar-refractivity contribution in [1.29, 1.82) is 0 Å². The van der Waals surface area contributed by atoms with Crippen LogP contribution in [0.2, 0.25) is 0 Å². The quantitative estimate of drug-likeness (QED) is 0.545. The van der Waals surface area contributed by atoms with E-state index in [4.69, 9.17) is 0 Å². The van der Waals surface area contributed by atoms with E-state index in [1.165, 1.54) is 11.9 Å². The van der Waals surface area contributed by atoms with Crippen LogP contribution in [0.3, 0.4) is 0 Å². The normalized spacial score (nSPS) is 11.8. The molecular formula is C24H22N4O. The number of nitrogens with zero attached hydrogens (tertiary/aromatic N) is 3. The number of hydrogen-bond acceptors (Lipinski definition) is 3. The van der Waals surface area contributed by atoms with E-state index in [0.717, 1.165) is 16.7 Å². The molecule has 0 aliphatic rings. The molecule has 0 spiro atoms. The third-order valence-corrected chi connectivity index (χ3v) is 4.85. The number of aromatic nitrogens is 3. The third kappa shape index (κ3) is 4.58. The van der Waals surface area contributed by atoms with Crippen molar-refractivity contribution in [3.05, 3.63) is 119 Å². The number of carbonyl (C=O) groups excluding carboxylic acids is 1. The summed E-state index contributed by atoms with van der Waals surface area (Å²) in [5.41, 5.74) is 4.98. The molecule has 1 unspecified atom stereocenters. The van der Waals surface area contributed by atoms with E-state index in [0.29, 0.717) is 12.1 Å². The number of rotatable bonds is 6. The first-order valence-electron chi connectivity index (χ1n) is 9.53. The average Bonchev–Trinajstić information content (AvgIpc) is 3.27. The average molecular weight is 382 g/mol. The highest BCUT2D eigenvalue weighted by Crippen LogP contribution is 2.23. The first kappa shape index (κ1) is 18.6. The summed E-state index contributed by atoms with van der Waals surface area (Å²) in [6, 6.07) is 25.7. The molecule has 0 saturated carbocycles. The number of benzene rings is 3. The minimum Gasteiger partial charge on any atom is -0.341 e. The molecule has 1 heterocycles. The van der Waals surface area contributed by atoms with Crippen LogP contribution in [0.25, 0.3) is 0 Å². The molecule has 5 nitrogen and oxygen atoms in total. The van der Waals surface area contributed by atoms with Gasteiger partial charge >= 0.3 is 0 Å². The zero-order valence-electron chi connectivity index (χ0n) is 16.2. The van der Waals surface area contributed by atoms with E-state index in [2.05, 4.69) is 46.6 Å². The zero-order chi connectivity index (χ0) is 20.1. The van der Waals surface area contributed by atoms with Crippen molar-refractivity contribution >= 4 is 5.91 Å². The third-order valence-electron chi connectivity index (χ3n) is 4.85. The molecule has 0 fully saturated rings. The number of nitrogens with one attached hydrogen (secondary N) is 1. The molecule has 1 aromatic heterocycles. The number of hydrogen-bond donors (Lipinski definition) is 1. The van der Waals surface area contributed by atoms with Gasteiger partial charge < -0.3 is 5.32 Å². The second kappa shape index (κ2) is 8.52. The maximum absolute atomic E-state index is 13.0. The lowest BCUT2D eigenvalue weighted by Crippen LogP contribution is -2.29. The largest absolute Gasteiger partial charge is 0.341 e. The Hall–Kier alpha value is -3.73. The molecule has 3 aromatic carbocycles. The summed E-state index contributed by atoms with van der Waals surface area (Å²) in [7, 11) is 0. The maximum atomic E-state index is 13.0. The Bertz CT molecular complexity index is 1060. The van der Waals surface area contributed by atoms with Gasteiger partial charge in [-0.25, -0.2) is 9.67 Å². The fourth-order valence-electron chi connectivity index (χ4n) is 3.24. The number of carbonyl (C=O) groups is 1. The van der Waals surface area contributed by atoms with Crippen molar-refractivity contribution in [2.45, 2.75) is 19.5 Å². The first-order chi connectivity index (χ1) is 14.2. The predicted octanol–water partition coefficient (Wildman–Crippen LogP) is 4.15. The van der Waals surface area contributed by atoms with Gasteiger partial charge in [-0.05, 0) is 35.7 Å². The highest BCUT2D eigenvalue weighted by molar-refractivity contribution is 5.94. The highest BCUT2D eigenvalue weighted by atomic mass is 16.1. The molecule has 0 radical (unpaired) electrons. The van der Waals surface area contributed by atoms with Crippen molar-refractivity contribution < 1.29 is 4.79 Å². The Balaban J connectivity index is 1.54. The smallest absolute Gasteiger partial charge is 0.252 e. The fourth-order valence-corrected chi connectivity index (χ4v) is 3.24. The van der Waals surface area contributed by atoms with E-state index >= 15 is 0 Å². The summed E-state index contributed by atoms with van der Waals surface area (Å²) in [4.78, 5) is 16.9. The standard InChI is InChI=1S/C24H22N4O/c1-18-7-11-21(12-8-18)23(20-5-3-2-4-6-20)27-24(29)22-13-9-19(10-14-22)15-28-17-25-16-26-28/h2-14,16-17,23H,15H2,1H3,(H,27,29). The van der Waals surface area contributed by atoms with Crippen LogP contribution in [0.4, 0.5) is 0 Å². The lowest BCUT2D eigenvalue weighted by molar-refractivity contribution is 0.0943. The Kier molecular flexibility index (Phi) is 5.47. The van der Waals surface area contributed by atoms with Crippen LogP contribution in [0, 0.1) is 6.92 Å². The van der Waals surface area contributed by atoms with Crippen LogP contribution in [0.5, 0.6) is 0 Å². The highest BCUT2D eigenvalue weighted by Gasteiger charge is 2.17. The second-order valence-electron chi connectivity index (χ2n) is 7.02. The maximum Gasteiger partial charge on any atom is 0.252 e. The molecule has 144 valence electrons. The Morgan fingerprint density at radius 1 is 0.931 bits per heavy atom. The molecule has 29 heavy (non-hydrogen) atoms. The molecule has 0 saturated heterocycles. The molecule has 0 bridgehead atoms. The SMILES string of the molecule is Cc1ccc(C(NC(=O)c2ccc(Cn3cncn3)cc2)c2ccccc2)cc1. The van der Waals surface area contributed by atoms with Crippen molar-refractivity contribution in [2.75, 3.05) is 0 Å². The van der Waals surface area contributed by atoms with Crippen LogP contribution < -0.4 is 5.32 Å². The van der Waals surface area contributed by atoms with Gasteiger partial charge in [0.2, 0.25) is 0 Å². The summed E-state index contributed by atoms with van der Waals surface area (Å²) in [5, 5.41) is 7.29. The molecule has 1 atom stereocenters. The van der Waals surface area contributed by atoms with Crippen LogP contribution in [-0.2, 0) is 6.54 Å². The van der Waals surface area contributed by atoms with Crippen molar-refractivity contribution in [3.8, 4) is 0 Å². The van der Waals surface area contributed by atoms with Crippen molar-refractivity contribution in [3.63, 3.8) is 0 Å². The van der Waals surface area contributed by atoms with Gasteiger partial charge in [0, 0.05) is 5.56 Å². The second-order valence-corrected chi connectivity index (χ2v) is 7.02. The molecule has 4 aromatic rings. The zero-order valence-corrected chi connectivity index (χ0v) is 16.2. The van der Waals surface area contributed by atoms with Gasteiger partial charge in [0.05, 0.1) is 12.6 Å². The summed E-state index contributed by atoms with van der Waals surface area (Å²) < 4.78 is 1.75. The summed E-state index contributed by atoms with van der Waals surface area (Å²) in [5.74, 6) is -0.105. The summed E-state index contributed by atoms with van der Waals surface area (Å²) in [6.07, 6.45) is 3.18. The van der Waals surface area contributed by atoms with Gasteiger partial charge in [0.1, 0.15) is 12.7 Å². The molecule has 5 heteroatoms. The van der Waals surface area contributed by atoms with Crippen LogP contribution in [0.15, 0.2) is 91.5 Å². The monoisotopic (exact) mass is 382 g/mol. The van der Waals surface area contributed by atoms with Crippen molar-refractivity contribution in [1.82, 2.24) is 20.1 Å². The minimum atomic E-state index is -0.209. The Labute approximate surface area is 170 Å². The van der Waals surface area contributed by atoms with Gasteiger partial charge in [-0.2, -0.15) is 5.10 Å². The first-order valence-corrected chi connectivity index (χ1v) is 9.53.